The van der Waals surface area contributed by atoms with Crippen LogP contribution >= 0.6 is 7.68 Å². The van der Waals surface area contributed by atoms with Crippen molar-refractivity contribution < 1.29 is 88.0 Å². The third kappa shape index (κ3) is 13.1. The molecule has 0 aromatic carbocycles. The molecule has 0 heterocycles. The van der Waals surface area contributed by atoms with Crippen LogP contribution in [0.1, 0.15) is 104 Å². The third-order valence-corrected chi connectivity index (χ3v) is 6.67. The summed E-state index contributed by atoms with van der Waals surface area (Å²) >= 11 is 0. The number of hydrogen-bond donors (Lipinski definition) is 0. The molecule has 0 aromatic rings. The van der Waals surface area contributed by atoms with Crippen LogP contribution in [0.3, 0.4) is 0 Å². The van der Waals surface area contributed by atoms with Crippen molar-refractivity contribution in [3.8, 4) is 0 Å². The van der Waals surface area contributed by atoms with E-state index < -0.39 is 30.7 Å². The number of carboxylic acid groups (broad SMARTS) is 2. The quantitative estimate of drug-likeness (QED) is 0.130. The standard InChI is InChI=1S/C20H37O6P.2Na/c1-3-5-7-9-11-13-15-17(18(21)22)20(19(23)24,27(25)26)16-14-12-10-8-6-4-2;;/h17H,3-16H2,1-2H3,(H,21,22)(H,23,24);;/q;2*+1/p-2. The van der Waals surface area contributed by atoms with Gasteiger partial charge in [-0.05, 0) is 12.8 Å². The van der Waals surface area contributed by atoms with E-state index in [0.717, 1.165) is 57.8 Å². The molecule has 0 saturated heterocycles. The van der Waals surface area contributed by atoms with Gasteiger partial charge in [0, 0.05) is 11.9 Å². The van der Waals surface area contributed by atoms with Crippen LogP contribution < -0.4 is 69.3 Å². The summed E-state index contributed by atoms with van der Waals surface area (Å²) in [7, 11) is -3.50. The third-order valence-electron chi connectivity index (χ3n) is 5.30. The summed E-state index contributed by atoms with van der Waals surface area (Å²) in [6.45, 7) is 4.17. The van der Waals surface area contributed by atoms with Crippen molar-refractivity contribution in [1.29, 1.82) is 0 Å². The molecule has 29 heavy (non-hydrogen) atoms. The van der Waals surface area contributed by atoms with Gasteiger partial charge in [0.1, 0.15) is 5.16 Å². The predicted octanol–water partition coefficient (Wildman–Crippen LogP) is -2.48. The van der Waals surface area contributed by atoms with Gasteiger partial charge in [-0.1, -0.05) is 90.9 Å². The van der Waals surface area contributed by atoms with Gasteiger partial charge in [0.15, 0.2) is 0 Å². The molecule has 0 radical (unpaired) electrons. The summed E-state index contributed by atoms with van der Waals surface area (Å²) < 4.78 is 23.7. The van der Waals surface area contributed by atoms with E-state index in [1.165, 1.54) is 0 Å². The number of carboxylic acids is 2. The maximum Gasteiger partial charge on any atom is 1.00 e. The number of carbonyl (C=O) groups excluding carboxylic acids is 2. The number of carbonyl (C=O) groups is 2. The van der Waals surface area contributed by atoms with Crippen LogP contribution in [-0.2, 0) is 18.7 Å². The molecule has 0 aliphatic rings. The Balaban J connectivity index is -0.00000338. The molecule has 0 N–H and O–H groups in total. The minimum absolute atomic E-state index is 0. The molecule has 2 atom stereocenters. The first-order valence-corrected chi connectivity index (χ1v) is 11.6. The average Bonchev–Trinajstić information content (AvgIpc) is 2.60. The Labute approximate surface area is 220 Å². The van der Waals surface area contributed by atoms with Crippen LogP contribution in [0.2, 0.25) is 0 Å². The first kappa shape index (κ1) is 34.5. The van der Waals surface area contributed by atoms with Gasteiger partial charge in [-0.15, -0.1) is 0 Å². The molecule has 6 nitrogen and oxygen atoms in total. The van der Waals surface area contributed by atoms with Crippen LogP contribution in [0.15, 0.2) is 0 Å². The second kappa shape index (κ2) is 20.7. The molecule has 0 fully saturated rings. The fraction of sp³-hybridized carbons (Fsp3) is 0.900. The van der Waals surface area contributed by atoms with Gasteiger partial charge in [-0.25, -0.2) is 9.13 Å². The van der Waals surface area contributed by atoms with Crippen molar-refractivity contribution in [2.24, 2.45) is 5.92 Å². The number of unbranched alkanes of at least 4 members (excludes halogenated alkanes) is 10. The minimum Gasteiger partial charge on any atom is -0.550 e. The Morgan fingerprint density at radius 3 is 1.55 bits per heavy atom. The summed E-state index contributed by atoms with van der Waals surface area (Å²) in [5.41, 5.74) is 0. The van der Waals surface area contributed by atoms with Crippen LogP contribution in [0, 0.1) is 5.92 Å². The molecule has 0 spiro atoms. The van der Waals surface area contributed by atoms with E-state index in [-0.39, 0.29) is 72.0 Å². The zero-order valence-electron chi connectivity index (χ0n) is 18.9. The number of aliphatic carboxylic acids is 2. The summed E-state index contributed by atoms with van der Waals surface area (Å²) in [5, 5.41) is 21.0. The van der Waals surface area contributed by atoms with Gasteiger partial charge in [-0.2, -0.15) is 0 Å². The molecule has 0 saturated carbocycles. The molecular formula is C20H35Na2O6P. The van der Waals surface area contributed by atoms with Crippen molar-refractivity contribution in [3.05, 3.63) is 0 Å². The van der Waals surface area contributed by atoms with E-state index in [2.05, 4.69) is 13.8 Å². The topological polar surface area (TPSA) is 114 Å². The number of hydrogen-bond acceptors (Lipinski definition) is 6. The van der Waals surface area contributed by atoms with Crippen molar-refractivity contribution in [3.63, 3.8) is 0 Å². The SMILES string of the molecule is CCCCCCCCC(C(=O)[O-])C(CCCCCCCC)(C(=O)[O-])P(=O)=O.[Na+].[Na+]. The van der Waals surface area contributed by atoms with E-state index in [0.29, 0.717) is 19.3 Å². The first-order valence-electron chi connectivity index (χ1n) is 10.4. The zero-order valence-corrected chi connectivity index (χ0v) is 23.8. The molecular weight excluding hydrogens is 413 g/mol. The van der Waals surface area contributed by atoms with Crippen LogP contribution in [0.25, 0.3) is 0 Å². The van der Waals surface area contributed by atoms with Gasteiger partial charge in [0.2, 0.25) is 0 Å². The van der Waals surface area contributed by atoms with E-state index in [9.17, 15) is 28.9 Å². The van der Waals surface area contributed by atoms with Crippen LogP contribution in [-0.4, -0.2) is 17.1 Å². The van der Waals surface area contributed by atoms with Crippen LogP contribution in [0.4, 0.5) is 0 Å². The van der Waals surface area contributed by atoms with E-state index in [4.69, 9.17) is 0 Å². The van der Waals surface area contributed by atoms with E-state index >= 15 is 0 Å². The Morgan fingerprint density at radius 1 is 0.759 bits per heavy atom. The van der Waals surface area contributed by atoms with Gasteiger partial charge in [0.25, 0.3) is 0 Å². The van der Waals surface area contributed by atoms with E-state index in [1.54, 1.807) is 0 Å². The predicted molar refractivity (Wildman–Crippen MR) is 101 cm³/mol. The molecule has 0 aromatic heterocycles. The molecule has 158 valence electrons. The Morgan fingerprint density at radius 2 is 1.17 bits per heavy atom. The first-order chi connectivity index (χ1) is 12.8. The van der Waals surface area contributed by atoms with Crippen molar-refractivity contribution in [2.75, 3.05) is 0 Å². The van der Waals surface area contributed by atoms with E-state index in [1.807, 2.05) is 0 Å². The molecule has 0 rings (SSSR count). The maximum atomic E-state index is 11.9. The smallest absolute Gasteiger partial charge is 0.550 e. The minimum atomic E-state index is -3.50. The Bertz CT molecular complexity index is 505. The Hall–Kier alpha value is 0.840. The average molecular weight is 448 g/mol. The zero-order chi connectivity index (χ0) is 20.7. The van der Waals surface area contributed by atoms with Gasteiger partial charge in [-0.3, -0.25) is 0 Å². The fourth-order valence-electron chi connectivity index (χ4n) is 3.57. The molecule has 0 aliphatic carbocycles. The summed E-state index contributed by atoms with van der Waals surface area (Å²) in [5.74, 6) is -4.99. The normalized spacial score (nSPS) is 13.4. The van der Waals surface area contributed by atoms with Crippen LogP contribution in [0.5, 0.6) is 0 Å². The fourth-order valence-corrected chi connectivity index (χ4v) is 4.55. The molecule has 0 aliphatic heterocycles. The van der Waals surface area contributed by atoms with Gasteiger partial charge >= 0.3 is 66.8 Å². The second-order valence-corrected chi connectivity index (χ2v) is 8.73. The molecule has 2 unspecified atom stereocenters. The second-order valence-electron chi connectivity index (χ2n) is 7.41. The monoisotopic (exact) mass is 448 g/mol. The van der Waals surface area contributed by atoms with Crippen molar-refractivity contribution in [1.82, 2.24) is 0 Å². The molecule has 0 amide bonds. The Kier molecular flexibility index (Phi) is 24.6. The summed E-state index contributed by atoms with van der Waals surface area (Å²) in [6.07, 6.45) is 10.2. The van der Waals surface area contributed by atoms with Crippen molar-refractivity contribution >= 4 is 19.6 Å². The summed E-state index contributed by atoms with van der Waals surface area (Å²) in [4.78, 5) is 23.4. The van der Waals surface area contributed by atoms with Crippen molar-refractivity contribution in [2.45, 2.75) is 109 Å². The summed E-state index contributed by atoms with van der Waals surface area (Å²) in [6, 6.07) is 0. The van der Waals surface area contributed by atoms with Gasteiger partial charge < -0.3 is 19.8 Å². The molecule has 0 bridgehead atoms. The number of rotatable bonds is 18. The largest absolute Gasteiger partial charge is 1.00 e. The molecule has 9 heteroatoms. The van der Waals surface area contributed by atoms with Gasteiger partial charge in [0.05, 0.1) is 5.97 Å². The maximum absolute atomic E-state index is 11.9.